The van der Waals surface area contributed by atoms with Crippen LogP contribution in [0.15, 0.2) is 40.0 Å². The van der Waals surface area contributed by atoms with Crippen molar-refractivity contribution in [3.8, 4) is 11.4 Å². The van der Waals surface area contributed by atoms with Gasteiger partial charge in [0, 0.05) is 11.6 Å². The van der Waals surface area contributed by atoms with Crippen molar-refractivity contribution in [3.05, 3.63) is 41.1 Å². The number of hydrogen-bond acceptors (Lipinski definition) is 7. The van der Waals surface area contributed by atoms with Gasteiger partial charge in [-0.15, -0.1) is 10.2 Å². The molecule has 130 valence electrons. The Bertz CT molecular complexity index is 909. The van der Waals surface area contributed by atoms with Gasteiger partial charge in [-0.05, 0) is 26.0 Å². The molecule has 25 heavy (non-hydrogen) atoms. The Morgan fingerprint density at radius 3 is 2.84 bits per heavy atom. The van der Waals surface area contributed by atoms with Crippen LogP contribution in [0.25, 0.3) is 11.4 Å². The highest BCUT2D eigenvalue weighted by Gasteiger charge is 2.21. The third-order valence-corrected chi connectivity index (χ3v) is 4.70. The van der Waals surface area contributed by atoms with Gasteiger partial charge in [-0.3, -0.25) is 4.79 Å². The monoisotopic (exact) mass is 378 g/mol. The first-order valence-corrected chi connectivity index (χ1v) is 8.57. The summed E-state index contributed by atoms with van der Waals surface area (Å²) in [5.74, 6) is 7.21. The predicted molar refractivity (Wildman–Crippen MR) is 95.8 cm³/mol. The Kier molecular flexibility index (Phi) is 4.95. The van der Waals surface area contributed by atoms with Gasteiger partial charge in [0.05, 0.1) is 10.3 Å². The number of nitrogen functional groups attached to an aromatic ring is 1. The van der Waals surface area contributed by atoms with E-state index in [1.165, 1.54) is 16.4 Å². The maximum absolute atomic E-state index is 12.2. The maximum atomic E-state index is 12.2. The first-order valence-electron chi connectivity index (χ1n) is 7.32. The Morgan fingerprint density at radius 1 is 1.40 bits per heavy atom. The fourth-order valence-electron chi connectivity index (χ4n) is 2.05. The van der Waals surface area contributed by atoms with Gasteiger partial charge in [0.15, 0.2) is 11.6 Å². The van der Waals surface area contributed by atoms with E-state index in [4.69, 9.17) is 22.0 Å². The van der Waals surface area contributed by atoms with Crippen molar-refractivity contribution in [2.24, 2.45) is 0 Å². The van der Waals surface area contributed by atoms with Gasteiger partial charge < -0.3 is 15.7 Å². The van der Waals surface area contributed by atoms with Crippen LogP contribution in [0.5, 0.6) is 0 Å². The van der Waals surface area contributed by atoms with Crippen molar-refractivity contribution < 1.29 is 9.32 Å². The fraction of sp³-hybridized carbons (Fsp3) is 0.200. The molecule has 1 atom stereocenters. The van der Waals surface area contributed by atoms with Crippen LogP contribution >= 0.6 is 23.4 Å². The molecule has 1 amide bonds. The van der Waals surface area contributed by atoms with Crippen molar-refractivity contribution in [3.63, 3.8) is 0 Å². The molecule has 3 aromatic rings. The van der Waals surface area contributed by atoms with Crippen molar-refractivity contribution in [1.82, 2.24) is 20.0 Å². The number of rotatable bonds is 5. The lowest BCUT2D eigenvalue weighted by Crippen LogP contribution is -2.23. The van der Waals surface area contributed by atoms with Crippen molar-refractivity contribution >= 4 is 35.1 Å². The topological polar surface area (TPSA) is 112 Å². The van der Waals surface area contributed by atoms with E-state index in [9.17, 15) is 4.79 Å². The Balaban J connectivity index is 1.73. The number of thioether (sulfide) groups is 1. The number of carbonyl (C=O) groups is 1. The molecule has 0 saturated carbocycles. The van der Waals surface area contributed by atoms with Crippen LogP contribution in [0.2, 0.25) is 5.02 Å². The normalized spacial score (nSPS) is 12.1. The maximum Gasteiger partial charge on any atom is 0.238 e. The van der Waals surface area contributed by atoms with Gasteiger partial charge in [0.2, 0.25) is 11.1 Å². The molecule has 2 aromatic heterocycles. The second-order valence-electron chi connectivity index (χ2n) is 5.23. The summed E-state index contributed by atoms with van der Waals surface area (Å²) in [5.41, 5.74) is 0.668. The summed E-state index contributed by atoms with van der Waals surface area (Å²) in [6, 6.07) is 8.83. The number of aromatic nitrogens is 4. The summed E-state index contributed by atoms with van der Waals surface area (Å²) in [6.07, 6.45) is 0. The smallest absolute Gasteiger partial charge is 0.238 e. The Morgan fingerprint density at radius 2 is 2.16 bits per heavy atom. The summed E-state index contributed by atoms with van der Waals surface area (Å²) in [6.45, 7) is 3.48. The SMILES string of the molecule is Cc1cc(NC(=O)C(C)Sc2nnc(-c3ccccc3Cl)n2N)no1. The molecular weight excluding hydrogens is 364 g/mol. The molecule has 0 radical (unpaired) electrons. The molecule has 0 saturated heterocycles. The number of amides is 1. The van der Waals surface area contributed by atoms with Crippen LogP contribution in [0, 0.1) is 6.92 Å². The van der Waals surface area contributed by atoms with Crippen molar-refractivity contribution in [2.75, 3.05) is 11.2 Å². The molecule has 8 nitrogen and oxygen atoms in total. The van der Waals surface area contributed by atoms with E-state index in [2.05, 4.69) is 20.7 Å². The second-order valence-corrected chi connectivity index (χ2v) is 6.94. The molecule has 1 unspecified atom stereocenters. The summed E-state index contributed by atoms with van der Waals surface area (Å²) < 4.78 is 6.23. The Labute approximate surface area is 152 Å². The van der Waals surface area contributed by atoms with Gasteiger partial charge in [0.25, 0.3) is 0 Å². The third kappa shape index (κ3) is 3.77. The molecule has 0 spiro atoms. The minimum absolute atomic E-state index is 0.249. The van der Waals surface area contributed by atoms with Crippen molar-refractivity contribution in [2.45, 2.75) is 24.3 Å². The van der Waals surface area contributed by atoms with Gasteiger partial charge in [-0.25, -0.2) is 4.68 Å². The number of nitrogens with zero attached hydrogens (tertiary/aromatic N) is 4. The zero-order valence-corrected chi connectivity index (χ0v) is 15.0. The zero-order chi connectivity index (χ0) is 18.0. The van der Waals surface area contributed by atoms with E-state index in [1.807, 2.05) is 12.1 Å². The molecule has 3 rings (SSSR count). The largest absolute Gasteiger partial charge is 0.360 e. The van der Waals surface area contributed by atoms with Gasteiger partial charge >= 0.3 is 0 Å². The Hall–Kier alpha value is -2.52. The number of hydrogen-bond donors (Lipinski definition) is 2. The number of nitrogens with two attached hydrogens (primary N) is 1. The highest BCUT2D eigenvalue weighted by Crippen LogP contribution is 2.29. The molecule has 0 aliphatic heterocycles. The minimum atomic E-state index is -0.470. The molecule has 10 heteroatoms. The number of aryl methyl sites for hydroxylation is 1. The third-order valence-electron chi connectivity index (χ3n) is 3.31. The lowest BCUT2D eigenvalue weighted by atomic mass is 10.2. The first kappa shape index (κ1) is 17.3. The van der Waals surface area contributed by atoms with E-state index in [0.29, 0.717) is 33.1 Å². The van der Waals surface area contributed by atoms with Crippen LogP contribution in [0.1, 0.15) is 12.7 Å². The fourth-order valence-corrected chi connectivity index (χ4v) is 3.04. The van der Waals surface area contributed by atoms with Crippen LogP contribution < -0.4 is 11.2 Å². The predicted octanol–water partition coefficient (Wildman–Crippen LogP) is 2.73. The average molecular weight is 379 g/mol. The summed E-state index contributed by atoms with van der Waals surface area (Å²) in [5, 5.41) is 15.0. The van der Waals surface area contributed by atoms with E-state index < -0.39 is 5.25 Å². The van der Waals surface area contributed by atoms with E-state index in [1.54, 1.807) is 32.0 Å². The van der Waals surface area contributed by atoms with Crippen LogP contribution in [-0.2, 0) is 4.79 Å². The molecule has 0 aliphatic carbocycles. The molecular formula is C15H15ClN6O2S. The van der Waals surface area contributed by atoms with Gasteiger partial charge in [-0.1, -0.05) is 40.7 Å². The number of benzene rings is 1. The van der Waals surface area contributed by atoms with E-state index in [0.717, 1.165) is 0 Å². The number of halogens is 1. The molecule has 3 N–H and O–H groups in total. The average Bonchev–Trinajstić information content (AvgIpc) is 3.14. The van der Waals surface area contributed by atoms with Gasteiger partial charge in [0.1, 0.15) is 5.76 Å². The lowest BCUT2D eigenvalue weighted by Gasteiger charge is -2.10. The van der Waals surface area contributed by atoms with E-state index in [-0.39, 0.29) is 5.91 Å². The highest BCUT2D eigenvalue weighted by atomic mass is 35.5. The molecule has 0 bridgehead atoms. The molecule has 1 aromatic carbocycles. The number of nitrogens with one attached hydrogen (secondary N) is 1. The first-order chi connectivity index (χ1) is 12.0. The molecule has 2 heterocycles. The lowest BCUT2D eigenvalue weighted by molar-refractivity contribution is -0.115. The second kappa shape index (κ2) is 7.16. The zero-order valence-electron chi connectivity index (χ0n) is 13.4. The van der Waals surface area contributed by atoms with Gasteiger partial charge in [-0.2, -0.15) is 0 Å². The molecule has 0 aliphatic rings. The summed E-state index contributed by atoms with van der Waals surface area (Å²) in [7, 11) is 0. The summed E-state index contributed by atoms with van der Waals surface area (Å²) in [4.78, 5) is 12.2. The van der Waals surface area contributed by atoms with E-state index >= 15 is 0 Å². The highest BCUT2D eigenvalue weighted by molar-refractivity contribution is 8.00. The summed E-state index contributed by atoms with van der Waals surface area (Å²) >= 11 is 7.34. The van der Waals surface area contributed by atoms with Crippen LogP contribution in [0.4, 0.5) is 5.82 Å². The number of carbonyl (C=O) groups excluding carboxylic acids is 1. The van der Waals surface area contributed by atoms with Crippen LogP contribution in [0.3, 0.4) is 0 Å². The van der Waals surface area contributed by atoms with Crippen LogP contribution in [-0.4, -0.2) is 31.2 Å². The quantitative estimate of drug-likeness (QED) is 0.518. The minimum Gasteiger partial charge on any atom is -0.360 e. The number of anilines is 1. The standard InChI is InChI=1S/C15H15ClN6O2S/c1-8-7-12(21-24-8)18-14(23)9(2)25-15-20-19-13(22(15)17)10-5-3-4-6-11(10)16/h3-7,9H,17H2,1-2H3,(H,18,21,23). The molecule has 0 fully saturated rings. The van der Waals surface area contributed by atoms with Crippen molar-refractivity contribution in [1.29, 1.82) is 0 Å².